The summed E-state index contributed by atoms with van der Waals surface area (Å²) in [5, 5.41) is 10.8. The Hall–Kier alpha value is -2.04. The predicted octanol–water partition coefficient (Wildman–Crippen LogP) is 1.74. The number of amides is 1. The molecule has 1 aromatic rings. The van der Waals surface area contributed by atoms with Crippen molar-refractivity contribution in [3.63, 3.8) is 0 Å². The summed E-state index contributed by atoms with van der Waals surface area (Å²) in [5.41, 5.74) is 1.54. The first-order chi connectivity index (χ1) is 9.08. The number of hydrogen-bond donors (Lipinski definition) is 2. The van der Waals surface area contributed by atoms with Gasteiger partial charge in [0.15, 0.2) is 0 Å². The zero-order chi connectivity index (χ0) is 14.3. The minimum Gasteiger partial charge on any atom is -0.480 e. The topological polar surface area (TPSA) is 69.6 Å². The molecule has 1 rings (SSSR count). The molecule has 0 fully saturated rings. The van der Waals surface area contributed by atoms with E-state index in [9.17, 15) is 9.59 Å². The van der Waals surface area contributed by atoms with E-state index in [0.29, 0.717) is 5.56 Å². The SMILES string of the molecule is CCCN(CC)c1ccc(C(=O)NCC(=O)O)cc1. The van der Waals surface area contributed by atoms with Gasteiger partial charge in [0.05, 0.1) is 0 Å². The van der Waals surface area contributed by atoms with E-state index in [2.05, 4.69) is 24.1 Å². The third kappa shape index (κ3) is 4.62. The van der Waals surface area contributed by atoms with Gasteiger partial charge in [-0.25, -0.2) is 0 Å². The number of carbonyl (C=O) groups is 2. The van der Waals surface area contributed by atoms with Gasteiger partial charge in [-0.05, 0) is 37.6 Å². The molecule has 0 aliphatic heterocycles. The number of nitrogens with zero attached hydrogens (tertiary/aromatic N) is 1. The van der Waals surface area contributed by atoms with Crippen molar-refractivity contribution < 1.29 is 14.7 Å². The smallest absolute Gasteiger partial charge is 0.322 e. The lowest BCUT2D eigenvalue weighted by Gasteiger charge is -2.22. The van der Waals surface area contributed by atoms with Gasteiger partial charge in [0, 0.05) is 24.3 Å². The van der Waals surface area contributed by atoms with E-state index < -0.39 is 5.97 Å². The lowest BCUT2D eigenvalue weighted by Crippen LogP contribution is -2.29. The maximum atomic E-state index is 11.6. The molecule has 2 N–H and O–H groups in total. The maximum Gasteiger partial charge on any atom is 0.322 e. The average molecular weight is 264 g/mol. The molecule has 1 amide bonds. The molecule has 0 atom stereocenters. The van der Waals surface area contributed by atoms with Gasteiger partial charge < -0.3 is 15.3 Å². The number of carbonyl (C=O) groups excluding carboxylic acids is 1. The van der Waals surface area contributed by atoms with Crippen LogP contribution in [0.1, 0.15) is 30.6 Å². The Morgan fingerprint density at radius 2 is 1.84 bits per heavy atom. The monoisotopic (exact) mass is 264 g/mol. The molecule has 0 aliphatic carbocycles. The van der Waals surface area contributed by atoms with Crippen LogP contribution in [0.4, 0.5) is 5.69 Å². The molecule has 0 saturated carbocycles. The normalized spacial score (nSPS) is 10.0. The van der Waals surface area contributed by atoms with Crippen molar-refractivity contribution in [2.45, 2.75) is 20.3 Å². The summed E-state index contributed by atoms with van der Waals surface area (Å²) in [4.78, 5) is 24.2. The Balaban J connectivity index is 2.69. The van der Waals surface area contributed by atoms with Crippen LogP contribution < -0.4 is 10.2 Å². The molecule has 0 spiro atoms. The Bertz CT molecular complexity index is 429. The fraction of sp³-hybridized carbons (Fsp3) is 0.429. The molecule has 19 heavy (non-hydrogen) atoms. The van der Waals surface area contributed by atoms with E-state index in [0.717, 1.165) is 25.2 Å². The summed E-state index contributed by atoms with van der Waals surface area (Å²) in [6.07, 6.45) is 1.06. The number of anilines is 1. The summed E-state index contributed by atoms with van der Waals surface area (Å²) in [6, 6.07) is 7.19. The van der Waals surface area contributed by atoms with Crippen LogP contribution >= 0.6 is 0 Å². The van der Waals surface area contributed by atoms with E-state index in [1.165, 1.54) is 0 Å². The highest BCUT2D eigenvalue weighted by atomic mass is 16.4. The lowest BCUT2D eigenvalue weighted by molar-refractivity contribution is -0.135. The van der Waals surface area contributed by atoms with E-state index in [4.69, 9.17) is 5.11 Å². The van der Waals surface area contributed by atoms with Crippen molar-refractivity contribution in [3.8, 4) is 0 Å². The molecule has 5 heteroatoms. The highest BCUT2D eigenvalue weighted by Crippen LogP contribution is 2.15. The standard InChI is InChI=1S/C14H20N2O3/c1-3-9-16(4-2)12-7-5-11(6-8-12)14(19)15-10-13(17)18/h5-8H,3-4,9-10H2,1-2H3,(H,15,19)(H,17,18). The number of rotatable bonds is 7. The summed E-state index contributed by atoms with van der Waals surface area (Å²) >= 11 is 0. The lowest BCUT2D eigenvalue weighted by atomic mass is 10.1. The van der Waals surface area contributed by atoms with Crippen molar-refractivity contribution in [1.82, 2.24) is 5.32 Å². The third-order valence-corrected chi connectivity index (χ3v) is 2.77. The molecule has 0 saturated heterocycles. The van der Waals surface area contributed by atoms with Crippen molar-refractivity contribution in [2.24, 2.45) is 0 Å². The molecule has 0 aromatic heterocycles. The molecule has 1 aromatic carbocycles. The van der Waals surface area contributed by atoms with Crippen LogP contribution in [0.5, 0.6) is 0 Å². The maximum absolute atomic E-state index is 11.6. The Labute approximate surface area is 113 Å². The number of benzene rings is 1. The van der Waals surface area contributed by atoms with Gasteiger partial charge in [-0.1, -0.05) is 6.92 Å². The minimum atomic E-state index is -1.05. The van der Waals surface area contributed by atoms with Gasteiger partial charge in [0.2, 0.25) is 0 Å². The van der Waals surface area contributed by atoms with E-state index in [1.807, 2.05) is 12.1 Å². The number of aliphatic carboxylic acids is 1. The quantitative estimate of drug-likeness (QED) is 0.787. The Kier molecular flexibility index (Phi) is 5.85. The fourth-order valence-corrected chi connectivity index (χ4v) is 1.82. The van der Waals surface area contributed by atoms with Crippen molar-refractivity contribution in [1.29, 1.82) is 0 Å². The number of nitrogens with one attached hydrogen (secondary N) is 1. The van der Waals surface area contributed by atoms with Crippen molar-refractivity contribution in [2.75, 3.05) is 24.5 Å². The Morgan fingerprint density at radius 1 is 1.21 bits per heavy atom. The summed E-state index contributed by atoms with van der Waals surface area (Å²) < 4.78 is 0. The van der Waals surface area contributed by atoms with Crippen molar-refractivity contribution in [3.05, 3.63) is 29.8 Å². The van der Waals surface area contributed by atoms with E-state index in [-0.39, 0.29) is 12.5 Å². The van der Waals surface area contributed by atoms with Gasteiger partial charge in [-0.15, -0.1) is 0 Å². The van der Waals surface area contributed by atoms with Crippen LogP contribution in [0.3, 0.4) is 0 Å². The van der Waals surface area contributed by atoms with Crippen LogP contribution in [0.15, 0.2) is 24.3 Å². The summed E-state index contributed by atoms with van der Waals surface area (Å²) in [7, 11) is 0. The van der Waals surface area contributed by atoms with Gasteiger partial charge in [0.25, 0.3) is 5.91 Å². The predicted molar refractivity (Wildman–Crippen MR) is 74.6 cm³/mol. The first-order valence-electron chi connectivity index (χ1n) is 6.43. The van der Waals surface area contributed by atoms with Gasteiger partial charge in [0.1, 0.15) is 6.54 Å². The summed E-state index contributed by atoms with van der Waals surface area (Å²) in [6.45, 7) is 5.73. The first-order valence-corrected chi connectivity index (χ1v) is 6.43. The molecule has 104 valence electrons. The second-order valence-electron chi connectivity index (χ2n) is 4.20. The molecule has 0 unspecified atom stereocenters. The van der Waals surface area contributed by atoms with Crippen LogP contribution in [-0.4, -0.2) is 36.6 Å². The highest BCUT2D eigenvalue weighted by molar-refractivity contribution is 5.96. The first kappa shape index (κ1) is 15.0. The minimum absolute atomic E-state index is 0.364. The fourth-order valence-electron chi connectivity index (χ4n) is 1.82. The van der Waals surface area contributed by atoms with E-state index in [1.54, 1.807) is 12.1 Å². The Morgan fingerprint density at radius 3 is 2.32 bits per heavy atom. The number of hydrogen-bond acceptors (Lipinski definition) is 3. The second-order valence-corrected chi connectivity index (χ2v) is 4.20. The van der Waals surface area contributed by atoms with Crippen LogP contribution in [0.25, 0.3) is 0 Å². The second kappa shape index (κ2) is 7.41. The molecule has 5 nitrogen and oxygen atoms in total. The average Bonchev–Trinajstić information content (AvgIpc) is 2.42. The zero-order valence-corrected chi connectivity index (χ0v) is 11.3. The molecular formula is C14H20N2O3. The molecule has 0 aliphatic rings. The van der Waals surface area contributed by atoms with Crippen molar-refractivity contribution >= 4 is 17.6 Å². The number of carboxylic acids is 1. The highest BCUT2D eigenvalue weighted by Gasteiger charge is 2.08. The van der Waals surface area contributed by atoms with E-state index >= 15 is 0 Å². The van der Waals surface area contributed by atoms with Crippen LogP contribution in [-0.2, 0) is 4.79 Å². The van der Waals surface area contributed by atoms with Gasteiger partial charge in [-0.2, -0.15) is 0 Å². The third-order valence-electron chi connectivity index (χ3n) is 2.77. The zero-order valence-electron chi connectivity index (χ0n) is 11.3. The molecule has 0 radical (unpaired) electrons. The number of carboxylic acid groups (broad SMARTS) is 1. The van der Waals surface area contributed by atoms with Gasteiger partial charge in [-0.3, -0.25) is 9.59 Å². The summed E-state index contributed by atoms with van der Waals surface area (Å²) in [5.74, 6) is -1.42. The van der Waals surface area contributed by atoms with Gasteiger partial charge >= 0.3 is 5.97 Å². The van der Waals surface area contributed by atoms with Crippen LogP contribution in [0, 0.1) is 0 Å². The largest absolute Gasteiger partial charge is 0.480 e. The molecular weight excluding hydrogens is 244 g/mol. The molecule has 0 heterocycles. The molecule has 0 bridgehead atoms. The van der Waals surface area contributed by atoms with Crippen LogP contribution in [0.2, 0.25) is 0 Å².